The van der Waals surface area contributed by atoms with Gasteiger partial charge in [0.05, 0.1) is 17.7 Å². The second-order valence-corrected chi connectivity index (χ2v) is 12.9. The van der Waals surface area contributed by atoms with E-state index in [0.717, 1.165) is 35.6 Å². The third kappa shape index (κ3) is 9.26. The molecule has 0 radical (unpaired) electrons. The van der Waals surface area contributed by atoms with Crippen molar-refractivity contribution in [2.24, 2.45) is 16.8 Å². The maximum Gasteiger partial charge on any atom is 0.418 e. The Morgan fingerprint density at radius 1 is 1.23 bits per heavy atom. The van der Waals surface area contributed by atoms with E-state index >= 15 is 0 Å². The first-order chi connectivity index (χ1) is 22.2. The highest BCUT2D eigenvalue weighted by Crippen LogP contribution is 2.40. The number of Topliss-reactive ketones (excluding diaryl/α,β-unsaturated/α-hetero) is 1. The number of aliphatic carboxylic acids is 1. The van der Waals surface area contributed by atoms with Crippen LogP contribution in [0.1, 0.15) is 43.6 Å². The van der Waals surface area contributed by atoms with Gasteiger partial charge in [0.15, 0.2) is 29.0 Å². The molecule has 6 N–H and O–H groups in total. The predicted molar refractivity (Wildman–Crippen MR) is 165 cm³/mol. The lowest BCUT2D eigenvalue weighted by Gasteiger charge is -2.50. The predicted octanol–water partition coefficient (Wildman–Crippen LogP) is 0.531. The second-order valence-electron chi connectivity index (χ2n) is 11.0. The van der Waals surface area contributed by atoms with E-state index in [1.54, 1.807) is 12.1 Å². The molecule has 1 fully saturated rings. The number of ketones is 1. The van der Waals surface area contributed by atoms with Crippen molar-refractivity contribution in [2.45, 2.75) is 51.3 Å². The van der Waals surface area contributed by atoms with Crippen LogP contribution in [-0.2, 0) is 46.9 Å². The Balaban J connectivity index is 1.40. The maximum absolute atomic E-state index is 13.3. The fourth-order valence-electron chi connectivity index (χ4n) is 4.56. The van der Waals surface area contributed by atoms with Gasteiger partial charge in [0.25, 0.3) is 12.0 Å². The van der Waals surface area contributed by atoms with Gasteiger partial charge in [-0.25, -0.2) is 14.3 Å². The molecule has 252 valence electrons. The quantitative estimate of drug-likeness (QED) is 0.0495. The molecule has 4 heterocycles. The van der Waals surface area contributed by atoms with E-state index in [4.69, 9.17) is 25.6 Å². The number of pyridine rings is 2. The van der Waals surface area contributed by atoms with Gasteiger partial charge in [-0.3, -0.25) is 19.1 Å². The average molecular weight is 693 g/mol. The van der Waals surface area contributed by atoms with Crippen molar-refractivity contribution in [2.75, 3.05) is 18.9 Å². The van der Waals surface area contributed by atoms with Crippen LogP contribution >= 0.6 is 11.3 Å². The Hall–Kier alpha value is -4.56. The summed E-state index contributed by atoms with van der Waals surface area (Å²) in [5, 5.41) is 15.4. The molecule has 1 saturated heterocycles. The first-order valence-electron chi connectivity index (χ1n) is 14.2. The average Bonchev–Trinajstić information content (AvgIpc) is 3.45. The number of thiazole rings is 1. The minimum Gasteiger partial charge on any atom is -0.487 e. The van der Waals surface area contributed by atoms with Gasteiger partial charge in [0.2, 0.25) is 0 Å². The lowest BCUT2D eigenvalue weighted by atomic mass is 9.74. The smallest absolute Gasteiger partial charge is 0.418 e. The topological polar surface area (TPSA) is 251 Å². The molecule has 1 aliphatic heterocycles. The molecule has 0 aliphatic carbocycles. The number of hydroxylamine groups is 2. The maximum atomic E-state index is 13.3. The molecule has 47 heavy (non-hydrogen) atoms. The molecule has 2 atom stereocenters. The minimum absolute atomic E-state index is 0.0261. The van der Waals surface area contributed by atoms with E-state index in [9.17, 15) is 27.9 Å². The zero-order valence-electron chi connectivity index (χ0n) is 25.4. The number of carboxylic acid groups (broad SMARTS) is 1. The lowest BCUT2D eigenvalue weighted by Crippen LogP contribution is -2.68. The summed E-state index contributed by atoms with van der Waals surface area (Å²) in [7, 11) is -4.99. The van der Waals surface area contributed by atoms with Crippen LogP contribution in [0, 0.1) is 5.92 Å². The van der Waals surface area contributed by atoms with E-state index in [1.807, 2.05) is 29.1 Å². The molecule has 0 saturated carbocycles. The van der Waals surface area contributed by atoms with Crippen molar-refractivity contribution < 1.29 is 50.9 Å². The molecule has 0 bridgehead atoms. The Bertz CT molecular complexity index is 1730. The zero-order chi connectivity index (χ0) is 34.4. The number of carbonyl (C=O) groups is 3. The largest absolute Gasteiger partial charge is 0.487 e. The van der Waals surface area contributed by atoms with Crippen LogP contribution in [0.4, 0.5) is 5.13 Å². The van der Waals surface area contributed by atoms with E-state index in [-0.39, 0.29) is 16.6 Å². The molecule has 0 unspecified atom stereocenters. The highest BCUT2D eigenvalue weighted by Gasteiger charge is 2.57. The van der Waals surface area contributed by atoms with Crippen molar-refractivity contribution in [1.29, 1.82) is 0 Å². The monoisotopic (exact) mass is 692 g/mol. The second kappa shape index (κ2) is 14.9. The van der Waals surface area contributed by atoms with Crippen LogP contribution in [-0.4, -0.2) is 81.3 Å². The summed E-state index contributed by atoms with van der Waals surface area (Å²) < 4.78 is 43.1. The number of nitrogens with zero attached hydrogens (tertiary/aromatic N) is 5. The van der Waals surface area contributed by atoms with Crippen molar-refractivity contribution >= 4 is 50.2 Å². The number of hydrogen-bond acceptors (Lipinski definition) is 14. The van der Waals surface area contributed by atoms with Gasteiger partial charge >= 0.3 is 16.4 Å². The Kier molecular flexibility index (Phi) is 11.2. The fourth-order valence-corrected chi connectivity index (χ4v) is 5.56. The van der Waals surface area contributed by atoms with Gasteiger partial charge < -0.3 is 26.1 Å². The number of carboxylic acids is 1. The number of nitrogens with two attached hydrogens (primary N) is 2. The molecule has 1 aliphatic rings. The number of aryl methyl sites for hydroxylation is 1. The molecule has 19 heteroatoms. The highest BCUT2D eigenvalue weighted by atomic mass is 32.3. The SMILES string of the molecule is CC1(C)[C@H](CC(=O)/C(=N\O[C@@H](COc2ccc(Cc3cc[n+](CCCN)cc3)nc2)C(=O)O)c2csc(N)n2)C(=O)N1OS(=O)(=O)O. The van der Waals surface area contributed by atoms with Crippen molar-refractivity contribution in [3.63, 3.8) is 0 Å². The number of oxime groups is 1. The van der Waals surface area contributed by atoms with Crippen LogP contribution in [0.2, 0.25) is 0 Å². The molecule has 17 nitrogen and oxygen atoms in total. The number of anilines is 1. The van der Waals surface area contributed by atoms with Crippen LogP contribution in [0.5, 0.6) is 5.75 Å². The van der Waals surface area contributed by atoms with Gasteiger partial charge in [-0.1, -0.05) is 5.16 Å². The Labute approximate surface area is 273 Å². The number of ether oxygens (including phenoxy) is 1. The lowest BCUT2D eigenvalue weighted by molar-refractivity contribution is -0.697. The number of carbonyl (C=O) groups excluding carboxylic acids is 2. The zero-order valence-corrected chi connectivity index (χ0v) is 27.0. The summed E-state index contributed by atoms with van der Waals surface area (Å²) in [5.74, 6) is -3.91. The van der Waals surface area contributed by atoms with Gasteiger partial charge in [-0.15, -0.1) is 15.6 Å². The van der Waals surface area contributed by atoms with Gasteiger partial charge in [-0.2, -0.15) is 13.5 Å². The normalized spacial score (nSPS) is 16.8. The molecule has 0 aromatic carbocycles. The molecule has 0 spiro atoms. The van der Waals surface area contributed by atoms with Crippen LogP contribution < -0.4 is 20.8 Å². The highest BCUT2D eigenvalue weighted by molar-refractivity contribution is 7.80. The van der Waals surface area contributed by atoms with E-state index in [2.05, 4.69) is 19.4 Å². The van der Waals surface area contributed by atoms with E-state index < -0.39 is 64.4 Å². The first kappa shape index (κ1) is 35.3. The molecule has 3 aromatic rings. The summed E-state index contributed by atoms with van der Waals surface area (Å²) in [6.07, 6.45) is 4.69. The summed E-state index contributed by atoms with van der Waals surface area (Å²) in [6.45, 7) is 3.80. The van der Waals surface area contributed by atoms with Crippen LogP contribution in [0.15, 0.2) is 53.4 Å². The Morgan fingerprint density at radius 2 is 1.96 bits per heavy atom. The first-order valence-corrected chi connectivity index (χ1v) is 16.4. The van der Waals surface area contributed by atoms with E-state index in [1.165, 1.54) is 25.4 Å². The molecule has 4 rings (SSSR count). The number of amides is 1. The van der Waals surface area contributed by atoms with Crippen LogP contribution in [0.3, 0.4) is 0 Å². The van der Waals surface area contributed by atoms with Crippen molar-refractivity contribution in [3.8, 4) is 5.75 Å². The summed E-state index contributed by atoms with van der Waals surface area (Å²) in [6, 6.07) is 7.37. The fraction of sp³-hybridized carbons (Fsp3) is 0.393. The summed E-state index contributed by atoms with van der Waals surface area (Å²) in [4.78, 5) is 51.4. The summed E-state index contributed by atoms with van der Waals surface area (Å²) in [5.41, 5.74) is 11.3. The van der Waals surface area contributed by atoms with Crippen molar-refractivity contribution in [3.05, 3.63) is 65.2 Å². The van der Waals surface area contributed by atoms with Gasteiger partial charge in [0, 0.05) is 42.5 Å². The number of hydrogen-bond donors (Lipinski definition) is 4. The number of rotatable bonds is 17. The molecule has 1 amide bonds. The third-order valence-electron chi connectivity index (χ3n) is 7.17. The third-order valence-corrected chi connectivity index (χ3v) is 8.18. The summed E-state index contributed by atoms with van der Waals surface area (Å²) >= 11 is 0.984. The molecule has 3 aromatic heterocycles. The molecular weight excluding hydrogens is 658 g/mol. The number of nitrogen functional groups attached to an aromatic ring is 1. The van der Waals surface area contributed by atoms with Gasteiger partial charge in [-0.05, 0) is 38.1 Å². The van der Waals surface area contributed by atoms with Crippen LogP contribution in [0.25, 0.3) is 0 Å². The number of β-lactam (4-membered cyclic amide) rings is 1. The van der Waals surface area contributed by atoms with Gasteiger partial charge in [0.1, 0.15) is 24.6 Å². The van der Waals surface area contributed by atoms with E-state index in [0.29, 0.717) is 18.0 Å². The Morgan fingerprint density at radius 3 is 2.51 bits per heavy atom. The van der Waals surface area contributed by atoms with Crippen molar-refractivity contribution in [1.82, 2.24) is 15.0 Å². The number of aromatic nitrogens is 3. The minimum atomic E-state index is -4.99. The molecular formula is C28H34N7O10S2+. The standard InChI is InChI=1S/C28H33N7O10S2/c1-28(2)20(25(37)35(28)45-47(40,41)42)13-22(36)24(21-16-46-27(30)32-21)33-44-23(26(38)39)15-43-19-5-4-18(31-14-19)12-17-6-10-34(11-7-17)9-3-8-29/h4-7,10-11,14,16,20,23H,3,8-9,12-13,15,29H2,1-2H3,(H3-,30,32,38,39,40,41,42)/p+1/b33-24-/t20-,23+/m1/s1.